The molecule has 3 rings (SSSR count). The number of fused-ring (bicyclic) bond motifs is 1. The molecule has 1 aliphatic heterocycles. The molecule has 106 valence electrons. The lowest BCUT2D eigenvalue weighted by molar-refractivity contribution is -0.134. The summed E-state index contributed by atoms with van der Waals surface area (Å²) in [7, 11) is 0. The van der Waals surface area contributed by atoms with Crippen LogP contribution in [0.25, 0.3) is 0 Å². The monoisotopic (exact) mass is 273 g/mol. The van der Waals surface area contributed by atoms with Crippen LogP contribution in [-0.2, 0) is 11.2 Å². The van der Waals surface area contributed by atoms with Gasteiger partial charge in [-0.3, -0.25) is 4.79 Å². The second kappa shape index (κ2) is 5.15. The number of hydrogen-bond acceptors (Lipinski definition) is 3. The fourth-order valence-corrected chi connectivity index (χ4v) is 3.20. The molecule has 1 aromatic carbocycles. The minimum Gasteiger partial charge on any atom is -0.409 e. The first-order chi connectivity index (χ1) is 9.70. The molecule has 0 bridgehead atoms. The number of carbonyl (C=O) groups is 1. The smallest absolute Gasteiger partial charge is 0.230 e. The highest BCUT2D eigenvalue weighted by Gasteiger charge is 2.36. The Balaban J connectivity index is 1.70. The molecule has 20 heavy (non-hydrogen) atoms. The first kappa shape index (κ1) is 13.0. The zero-order chi connectivity index (χ0) is 14.1. The molecule has 0 spiro atoms. The van der Waals surface area contributed by atoms with Crippen LogP contribution in [-0.4, -0.2) is 34.9 Å². The van der Waals surface area contributed by atoms with Gasteiger partial charge in [0.05, 0.1) is 5.92 Å². The van der Waals surface area contributed by atoms with Gasteiger partial charge in [0.25, 0.3) is 0 Å². The molecule has 1 aliphatic carbocycles. The summed E-state index contributed by atoms with van der Waals surface area (Å²) in [5.41, 5.74) is 8.10. The number of amides is 1. The van der Waals surface area contributed by atoms with E-state index >= 15 is 0 Å². The number of rotatable bonds is 2. The van der Waals surface area contributed by atoms with Crippen LogP contribution in [0.15, 0.2) is 29.4 Å². The molecule has 3 N–H and O–H groups in total. The van der Waals surface area contributed by atoms with Gasteiger partial charge < -0.3 is 15.8 Å². The highest BCUT2D eigenvalue weighted by Crippen LogP contribution is 2.36. The molecule has 1 saturated heterocycles. The molecule has 0 aromatic heterocycles. The third-order valence-corrected chi connectivity index (χ3v) is 4.42. The maximum atomic E-state index is 12.6. The summed E-state index contributed by atoms with van der Waals surface area (Å²) >= 11 is 0. The van der Waals surface area contributed by atoms with E-state index in [1.54, 1.807) is 0 Å². The van der Waals surface area contributed by atoms with Gasteiger partial charge in [-0.1, -0.05) is 29.4 Å². The van der Waals surface area contributed by atoms with Gasteiger partial charge in [-0.15, -0.1) is 0 Å². The van der Waals surface area contributed by atoms with Crippen LogP contribution in [0.2, 0.25) is 0 Å². The fourth-order valence-electron chi connectivity index (χ4n) is 3.20. The number of piperidine rings is 1. The topological polar surface area (TPSA) is 78.9 Å². The lowest BCUT2D eigenvalue weighted by Crippen LogP contribution is -2.47. The number of oxime groups is 1. The predicted molar refractivity (Wildman–Crippen MR) is 75.6 cm³/mol. The molecule has 5 heteroatoms. The standard InChI is InChI=1S/C15H19N3O2/c16-14(17-20)11-5-3-7-18(9-11)15(19)13-8-10-4-1-2-6-12(10)13/h1-2,4,6,11,13,20H,3,5,7-9H2,(H2,16,17). The van der Waals surface area contributed by atoms with Crippen LogP contribution in [0, 0.1) is 5.92 Å². The summed E-state index contributed by atoms with van der Waals surface area (Å²) in [6, 6.07) is 8.10. The summed E-state index contributed by atoms with van der Waals surface area (Å²) in [5.74, 6) is 0.390. The molecule has 1 heterocycles. The zero-order valence-electron chi connectivity index (χ0n) is 11.3. The van der Waals surface area contributed by atoms with E-state index in [-0.39, 0.29) is 23.6 Å². The minimum absolute atomic E-state index is 0.00256. The van der Waals surface area contributed by atoms with E-state index in [1.807, 2.05) is 23.1 Å². The molecule has 1 aromatic rings. The Kier molecular flexibility index (Phi) is 3.34. The summed E-state index contributed by atoms with van der Waals surface area (Å²) in [4.78, 5) is 14.5. The fraction of sp³-hybridized carbons (Fsp3) is 0.467. The molecule has 2 aliphatic rings. The van der Waals surface area contributed by atoms with E-state index in [1.165, 1.54) is 5.56 Å². The van der Waals surface area contributed by atoms with Crippen LogP contribution in [0.5, 0.6) is 0 Å². The highest BCUT2D eigenvalue weighted by molar-refractivity contribution is 5.88. The molecular formula is C15H19N3O2. The van der Waals surface area contributed by atoms with Crippen LogP contribution < -0.4 is 5.73 Å². The van der Waals surface area contributed by atoms with Crippen LogP contribution in [0.1, 0.15) is 29.9 Å². The van der Waals surface area contributed by atoms with Crippen molar-refractivity contribution in [3.05, 3.63) is 35.4 Å². The third kappa shape index (κ3) is 2.13. The first-order valence-electron chi connectivity index (χ1n) is 7.04. The Morgan fingerprint density at radius 1 is 1.40 bits per heavy atom. The van der Waals surface area contributed by atoms with E-state index in [4.69, 9.17) is 10.9 Å². The summed E-state index contributed by atoms with van der Waals surface area (Å²) in [5, 5.41) is 11.8. The number of amidine groups is 1. The Morgan fingerprint density at radius 3 is 2.95 bits per heavy atom. The van der Waals surface area contributed by atoms with E-state index < -0.39 is 0 Å². The first-order valence-corrected chi connectivity index (χ1v) is 7.04. The number of hydrogen-bond donors (Lipinski definition) is 2. The number of nitrogens with two attached hydrogens (primary N) is 1. The van der Waals surface area contributed by atoms with Crippen molar-refractivity contribution in [1.29, 1.82) is 0 Å². The van der Waals surface area contributed by atoms with Gasteiger partial charge in [0.15, 0.2) is 0 Å². The summed E-state index contributed by atoms with van der Waals surface area (Å²) in [6.07, 6.45) is 2.61. The quantitative estimate of drug-likeness (QED) is 0.369. The summed E-state index contributed by atoms with van der Waals surface area (Å²) in [6.45, 7) is 1.33. The molecule has 5 nitrogen and oxygen atoms in total. The normalized spacial score (nSPS) is 25.8. The predicted octanol–water partition coefficient (Wildman–Crippen LogP) is 1.31. The Bertz CT molecular complexity index is 556. The molecular weight excluding hydrogens is 254 g/mol. The van der Waals surface area contributed by atoms with Gasteiger partial charge in [-0.05, 0) is 30.4 Å². The van der Waals surface area contributed by atoms with Gasteiger partial charge >= 0.3 is 0 Å². The molecule has 0 radical (unpaired) electrons. The molecule has 1 fully saturated rings. The molecule has 0 saturated carbocycles. The largest absolute Gasteiger partial charge is 0.409 e. The Labute approximate surface area is 118 Å². The number of likely N-dealkylation sites (tertiary alicyclic amines) is 1. The van der Waals surface area contributed by atoms with Crippen molar-refractivity contribution in [2.24, 2.45) is 16.8 Å². The Hall–Kier alpha value is -2.04. The van der Waals surface area contributed by atoms with Crippen molar-refractivity contribution in [2.75, 3.05) is 13.1 Å². The van der Waals surface area contributed by atoms with Crippen LogP contribution in [0.3, 0.4) is 0 Å². The zero-order valence-corrected chi connectivity index (χ0v) is 11.3. The van der Waals surface area contributed by atoms with Gasteiger partial charge in [0.2, 0.25) is 5.91 Å². The van der Waals surface area contributed by atoms with Crippen molar-refractivity contribution >= 4 is 11.7 Å². The minimum atomic E-state index is -0.0204. The second-order valence-electron chi connectivity index (χ2n) is 5.60. The number of carbonyl (C=O) groups excluding carboxylic acids is 1. The Morgan fingerprint density at radius 2 is 2.20 bits per heavy atom. The van der Waals surface area contributed by atoms with Gasteiger partial charge in [-0.2, -0.15) is 0 Å². The average molecular weight is 273 g/mol. The van der Waals surface area contributed by atoms with E-state index in [2.05, 4.69) is 11.2 Å². The lowest BCUT2D eigenvalue weighted by atomic mass is 9.76. The molecule has 1 amide bonds. The summed E-state index contributed by atoms with van der Waals surface area (Å²) < 4.78 is 0. The van der Waals surface area contributed by atoms with E-state index in [9.17, 15) is 4.79 Å². The molecule has 2 atom stereocenters. The van der Waals surface area contributed by atoms with Crippen LogP contribution in [0.4, 0.5) is 0 Å². The van der Waals surface area contributed by atoms with Crippen molar-refractivity contribution in [3.63, 3.8) is 0 Å². The average Bonchev–Trinajstić information content (AvgIpc) is 2.47. The third-order valence-electron chi connectivity index (χ3n) is 4.42. The number of benzene rings is 1. The van der Waals surface area contributed by atoms with E-state index in [0.29, 0.717) is 6.54 Å². The maximum Gasteiger partial charge on any atom is 0.230 e. The lowest BCUT2D eigenvalue weighted by Gasteiger charge is -2.38. The van der Waals surface area contributed by atoms with Gasteiger partial charge in [-0.25, -0.2) is 0 Å². The van der Waals surface area contributed by atoms with E-state index in [0.717, 1.165) is 31.4 Å². The maximum absolute atomic E-state index is 12.6. The van der Waals surface area contributed by atoms with Crippen molar-refractivity contribution in [1.82, 2.24) is 4.90 Å². The van der Waals surface area contributed by atoms with Crippen LogP contribution >= 0.6 is 0 Å². The number of nitrogens with zero attached hydrogens (tertiary/aromatic N) is 2. The van der Waals surface area contributed by atoms with Crippen molar-refractivity contribution in [3.8, 4) is 0 Å². The van der Waals surface area contributed by atoms with Gasteiger partial charge in [0.1, 0.15) is 5.84 Å². The van der Waals surface area contributed by atoms with Gasteiger partial charge in [0, 0.05) is 19.0 Å². The van der Waals surface area contributed by atoms with Crippen molar-refractivity contribution in [2.45, 2.75) is 25.2 Å². The SMILES string of the molecule is NC(=NO)C1CCCN(C(=O)C2Cc3ccccc32)C1. The highest BCUT2D eigenvalue weighted by atomic mass is 16.4. The second-order valence-corrected chi connectivity index (χ2v) is 5.60. The van der Waals surface area contributed by atoms with Crippen molar-refractivity contribution < 1.29 is 10.0 Å². The molecule has 2 unspecified atom stereocenters.